The average molecular weight is 312 g/mol. The SMILES string of the molecule is CCNCC(CCC(C)(C)C)c1ccc(Br)cc1. The second kappa shape index (κ2) is 7.30. The van der Waals surface area contributed by atoms with Crippen LogP contribution in [0.1, 0.15) is 52.0 Å². The molecule has 0 spiro atoms. The van der Waals surface area contributed by atoms with E-state index in [4.69, 9.17) is 0 Å². The van der Waals surface area contributed by atoms with Crippen LogP contribution in [0.5, 0.6) is 0 Å². The maximum absolute atomic E-state index is 3.50. The molecule has 1 nitrogen and oxygen atoms in total. The Kier molecular flexibility index (Phi) is 6.37. The minimum atomic E-state index is 0.416. The first kappa shape index (κ1) is 15.7. The van der Waals surface area contributed by atoms with Crippen molar-refractivity contribution in [1.29, 1.82) is 0 Å². The van der Waals surface area contributed by atoms with Crippen LogP contribution in [0, 0.1) is 5.41 Å². The van der Waals surface area contributed by atoms with Gasteiger partial charge in [0.2, 0.25) is 0 Å². The van der Waals surface area contributed by atoms with Gasteiger partial charge in [0.05, 0.1) is 0 Å². The molecule has 0 fully saturated rings. The van der Waals surface area contributed by atoms with E-state index in [9.17, 15) is 0 Å². The number of halogens is 1. The summed E-state index contributed by atoms with van der Waals surface area (Å²) >= 11 is 3.50. The van der Waals surface area contributed by atoms with Crippen LogP contribution in [-0.4, -0.2) is 13.1 Å². The van der Waals surface area contributed by atoms with E-state index in [0.29, 0.717) is 11.3 Å². The van der Waals surface area contributed by atoms with Gasteiger partial charge in [0.25, 0.3) is 0 Å². The first-order valence-electron chi connectivity index (χ1n) is 6.88. The number of benzene rings is 1. The molecule has 1 rings (SSSR count). The summed E-state index contributed by atoms with van der Waals surface area (Å²) < 4.78 is 1.16. The van der Waals surface area contributed by atoms with Gasteiger partial charge in [-0.3, -0.25) is 0 Å². The zero-order chi connectivity index (χ0) is 13.6. The predicted octanol–water partition coefficient (Wildman–Crippen LogP) is 4.97. The summed E-state index contributed by atoms with van der Waals surface area (Å²) in [7, 11) is 0. The van der Waals surface area contributed by atoms with Crippen LogP contribution in [0.15, 0.2) is 28.7 Å². The highest BCUT2D eigenvalue weighted by atomic mass is 79.9. The molecule has 1 N–H and O–H groups in total. The highest BCUT2D eigenvalue weighted by Crippen LogP contribution is 2.29. The fourth-order valence-electron chi connectivity index (χ4n) is 2.05. The maximum Gasteiger partial charge on any atom is 0.0175 e. The molecule has 0 saturated carbocycles. The van der Waals surface area contributed by atoms with Gasteiger partial charge in [-0.1, -0.05) is 55.8 Å². The Hall–Kier alpha value is -0.340. The van der Waals surface area contributed by atoms with Crippen molar-refractivity contribution >= 4 is 15.9 Å². The van der Waals surface area contributed by atoms with Crippen LogP contribution in [0.2, 0.25) is 0 Å². The number of hydrogen-bond donors (Lipinski definition) is 1. The highest BCUT2D eigenvalue weighted by Gasteiger charge is 2.16. The van der Waals surface area contributed by atoms with Crippen LogP contribution in [0.4, 0.5) is 0 Å². The van der Waals surface area contributed by atoms with Gasteiger partial charge in [0.15, 0.2) is 0 Å². The molecule has 0 aromatic heterocycles. The van der Waals surface area contributed by atoms with Gasteiger partial charge in [0.1, 0.15) is 0 Å². The van der Waals surface area contributed by atoms with Crippen LogP contribution in [-0.2, 0) is 0 Å². The van der Waals surface area contributed by atoms with E-state index in [-0.39, 0.29) is 0 Å². The van der Waals surface area contributed by atoms with Gasteiger partial charge in [-0.15, -0.1) is 0 Å². The molecule has 0 radical (unpaired) electrons. The molecule has 0 aliphatic carbocycles. The van der Waals surface area contributed by atoms with Gasteiger partial charge < -0.3 is 5.32 Å². The molecule has 0 saturated heterocycles. The second-order valence-electron chi connectivity index (χ2n) is 6.16. The summed E-state index contributed by atoms with van der Waals surface area (Å²) in [6.45, 7) is 11.2. The minimum absolute atomic E-state index is 0.416. The van der Waals surface area contributed by atoms with Crippen molar-refractivity contribution in [3.8, 4) is 0 Å². The Morgan fingerprint density at radius 3 is 2.28 bits per heavy atom. The quantitative estimate of drug-likeness (QED) is 0.782. The Bertz CT molecular complexity index is 337. The van der Waals surface area contributed by atoms with Crippen molar-refractivity contribution in [1.82, 2.24) is 5.32 Å². The first-order valence-corrected chi connectivity index (χ1v) is 7.68. The minimum Gasteiger partial charge on any atom is -0.316 e. The van der Waals surface area contributed by atoms with Gasteiger partial charge in [-0.25, -0.2) is 0 Å². The molecule has 0 aliphatic heterocycles. The zero-order valence-corrected chi connectivity index (χ0v) is 13.7. The summed E-state index contributed by atoms with van der Waals surface area (Å²) in [4.78, 5) is 0. The Morgan fingerprint density at radius 1 is 1.17 bits per heavy atom. The van der Waals surface area contributed by atoms with Gasteiger partial charge in [-0.05, 0) is 48.4 Å². The van der Waals surface area contributed by atoms with E-state index in [1.54, 1.807) is 0 Å². The topological polar surface area (TPSA) is 12.0 Å². The molecule has 1 atom stereocenters. The maximum atomic E-state index is 3.50. The molecule has 1 aromatic rings. The lowest BCUT2D eigenvalue weighted by atomic mass is 9.84. The predicted molar refractivity (Wildman–Crippen MR) is 84.1 cm³/mol. The first-order chi connectivity index (χ1) is 8.42. The third-order valence-corrected chi connectivity index (χ3v) is 3.75. The van der Waals surface area contributed by atoms with Crippen LogP contribution in [0.25, 0.3) is 0 Å². The van der Waals surface area contributed by atoms with Crippen molar-refractivity contribution in [2.45, 2.75) is 46.5 Å². The fraction of sp³-hybridized carbons (Fsp3) is 0.625. The lowest BCUT2D eigenvalue weighted by Gasteiger charge is -2.24. The normalized spacial score (nSPS) is 13.6. The highest BCUT2D eigenvalue weighted by molar-refractivity contribution is 9.10. The lowest BCUT2D eigenvalue weighted by molar-refractivity contribution is 0.345. The zero-order valence-electron chi connectivity index (χ0n) is 12.1. The van der Waals surface area contributed by atoms with Crippen molar-refractivity contribution in [2.75, 3.05) is 13.1 Å². The summed E-state index contributed by atoms with van der Waals surface area (Å²) in [6.07, 6.45) is 2.51. The van der Waals surface area contributed by atoms with Gasteiger partial charge in [-0.2, -0.15) is 0 Å². The summed E-state index contributed by atoms with van der Waals surface area (Å²) in [5.41, 5.74) is 1.86. The van der Waals surface area contributed by atoms with Crippen LogP contribution < -0.4 is 5.32 Å². The Labute approximate surface area is 120 Å². The molecule has 1 aromatic carbocycles. The molecule has 18 heavy (non-hydrogen) atoms. The number of likely N-dealkylation sites (N-methyl/N-ethyl adjacent to an activating group) is 1. The van der Waals surface area contributed by atoms with Gasteiger partial charge >= 0.3 is 0 Å². The molecule has 0 aliphatic rings. The summed E-state index contributed by atoms with van der Waals surface area (Å²) in [6, 6.07) is 8.78. The van der Waals surface area contributed by atoms with Crippen LogP contribution >= 0.6 is 15.9 Å². The van der Waals surface area contributed by atoms with E-state index in [0.717, 1.165) is 17.6 Å². The summed E-state index contributed by atoms with van der Waals surface area (Å²) in [5.74, 6) is 0.622. The monoisotopic (exact) mass is 311 g/mol. The van der Waals surface area contributed by atoms with Crippen molar-refractivity contribution in [2.24, 2.45) is 5.41 Å². The molecule has 2 heteroatoms. The third kappa shape index (κ3) is 6.01. The summed E-state index contributed by atoms with van der Waals surface area (Å²) in [5, 5.41) is 3.49. The Balaban J connectivity index is 2.68. The molecule has 0 amide bonds. The fourth-order valence-corrected chi connectivity index (χ4v) is 2.31. The molecular weight excluding hydrogens is 286 g/mol. The number of nitrogens with one attached hydrogen (secondary N) is 1. The molecular formula is C16H26BrN. The van der Waals surface area contributed by atoms with E-state index >= 15 is 0 Å². The lowest BCUT2D eigenvalue weighted by Crippen LogP contribution is -2.22. The largest absolute Gasteiger partial charge is 0.316 e. The van der Waals surface area contributed by atoms with Crippen molar-refractivity contribution in [3.05, 3.63) is 34.3 Å². The standard InChI is InChI=1S/C16H26BrN/c1-5-18-12-14(10-11-16(2,3)4)13-6-8-15(17)9-7-13/h6-9,14,18H,5,10-12H2,1-4H3. The van der Waals surface area contributed by atoms with E-state index < -0.39 is 0 Å². The number of hydrogen-bond acceptors (Lipinski definition) is 1. The molecule has 1 unspecified atom stereocenters. The van der Waals surface area contributed by atoms with E-state index in [1.165, 1.54) is 18.4 Å². The average Bonchev–Trinajstić information content (AvgIpc) is 2.29. The molecule has 0 heterocycles. The van der Waals surface area contributed by atoms with Gasteiger partial charge in [0, 0.05) is 11.0 Å². The van der Waals surface area contributed by atoms with Crippen molar-refractivity contribution in [3.63, 3.8) is 0 Å². The second-order valence-corrected chi connectivity index (χ2v) is 7.07. The smallest absolute Gasteiger partial charge is 0.0175 e. The Morgan fingerprint density at radius 2 is 1.78 bits per heavy atom. The van der Waals surface area contributed by atoms with Crippen LogP contribution in [0.3, 0.4) is 0 Å². The third-order valence-electron chi connectivity index (χ3n) is 3.22. The van der Waals surface area contributed by atoms with Crippen molar-refractivity contribution < 1.29 is 0 Å². The molecule has 0 bridgehead atoms. The number of rotatable bonds is 6. The van der Waals surface area contributed by atoms with E-state index in [2.05, 4.69) is 73.2 Å². The van der Waals surface area contributed by atoms with E-state index in [1.807, 2.05) is 0 Å². The molecule has 102 valence electrons.